The van der Waals surface area contributed by atoms with Crippen molar-refractivity contribution in [2.75, 3.05) is 0 Å². The number of esters is 1. The third-order valence-electron chi connectivity index (χ3n) is 3.76. The van der Waals surface area contributed by atoms with Crippen molar-refractivity contribution in [3.8, 4) is 0 Å². The second-order valence-electron chi connectivity index (χ2n) is 6.69. The Kier molecular flexibility index (Phi) is 2.53. The number of ether oxygens (including phenoxy) is 1. The van der Waals surface area contributed by atoms with Gasteiger partial charge in [0.1, 0.15) is 5.60 Å². The van der Waals surface area contributed by atoms with Crippen LogP contribution in [0.2, 0.25) is 0 Å². The van der Waals surface area contributed by atoms with E-state index in [9.17, 15) is 4.79 Å². The van der Waals surface area contributed by atoms with Crippen molar-refractivity contribution in [3.05, 3.63) is 22.8 Å². The second-order valence-corrected chi connectivity index (χ2v) is 6.69. The molecule has 0 amide bonds. The molecule has 0 spiro atoms. The zero-order valence-corrected chi connectivity index (χ0v) is 11.7. The monoisotopic (exact) mass is 234 g/mol. The van der Waals surface area contributed by atoms with E-state index in [1.165, 1.54) is 5.57 Å². The Labute approximate surface area is 104 Å². The fourth-order valence-electron chi connectivity index (χ4n) is 2.76. The fraction of sp³-hybridized carbons (Fsp3) is 0.667. The minimum absolute atomic E-state index is 0.156. The molecule has 1 unspecified atom stereocenters. The predicted molar refractivity (Wildman–Crippen MR) is 68.5 cm³/mol. The van der Waals surface area contributed by atoms with E-state index in [4.69, 9.17) is 4.74 Å². The summed E-state index contributed by atoms with van der Waals surface area (Å²) in [4.78, 5) is 12.2. The van der Waals surface area contributed by atoms with E-state index in [-0.39, 0.29) is 11.4 Å². The van der Waals surface area contributed by atoms with Crippen LogP contribution in [0.4, 0.5) is 0 Å². The van der Waals surface area contributed by atoms with E-state index >= 15 is 0 Å². The summed E-state index contributed by atoms with van der Waals surface area (Å²) >= 11 is 0. The van der Waals surface area contributed by atoms with Gasteiger partial charge in [0.2, 0.25) is 0 Å². The van der Waals surface area contributed by atoms with Crippen molar-refractivity contribution < 1.29 is 9.53 Å². The molecule has 0 heterocycles. The molecule has 2 aliphatic rings. The van der Waals surface area contributed by atoms with Crippen molar-refractivity contribution >= 4 is 5.97 Å². The maximum atomic E-state index is 12.2. The van der Waals surface area contributed by atoms with Gasteiger partial charge in [0, 0.05) is 0 Å². The van der Waals surface area contributed by atoms with Gasteiger partial charge in [-0.25, -0.2) is 4.79 Å². The molecule has 17 heavy (non-hydrogen) atoms. The van der Waals surface area contributed by atoms with Crippen LogP contribution in [-0.2, 0) is 9.53 Å². The van der Waals surface area contributed by atoms with Crippen LogP contribution < -0.4 is 0 Å². The third-order valence-corrected chi connectivity index (χ3v) is 3.76. The summed E-state index contributed by atoms with van der Waals surface area (Å²) in [6.45, 7) is 12.2. The number of fused-ring (bicyclic) bond motifs is 1. The molecule has 94 valence electrons. The largest absolute Gasteiger partial charge is 0.456 e. The maximum Gasteiger partial charge on any atom is 0.338 e. The molecule has 1 saturated carbocycles. The normalized spacial score (nSPS) is 26.2. The molecule has 0 aliphatic heterocycles. The molecule has 0 aromatic heterocycles. The molecular formula is C15H22O2. The number of rotatable bonds is 1. The van der Waals surface area contributed by atoms with Crippen LogP contribution in [0.15, 0.2) is 22.8 Å². The number of allylic oxidation sites excluding steroid dienone is 2. The van der Waals surface area contributed by atoms with Gasteiger partial charge in [0.25, 0.3) is 0 Å². The maximum absolute atomic E-state index is 12.2. The Morgan fingerprint density at radius 3 is 2.53 bits per heavy atom. The molecule has 0 N–H and O–H groups in total. The topological polar surface area (TPSA) is 26.3 Å². The van der Waals surface area contributed by atoms with Crippen LogP contribution in [0.25, 0.3) is 0 Å². The zero-order valence-electron chi connectivity index (χ0n) is 11.7. The lowest BCUT2D eigenvalue weighted by Gasteiger charge is -2.21. The lowest BCUT2D eigenvalue weighted by Crippen LogP contribution is -2.25. The third kappa shape index (κ3) is 2.05. The van der Waals surface area contributed by atoms with Crippen LogP contribution in [0.5, 0.6) is 0 Å². The fourth-order valence-corrected chi connectivity index (χ4v) is 2.76. The Morgan fingerprint density at radius 1 is 1.41 bits per heavy atom. The Morgan fingerprint density at radius 2 is 2.00 bits per heavy atom. The highest BCUT2D eigenvalue weighted by Gasteiger charge is 2.55. The molecular weight excluding hydrogens is 212 g/mol. The van der Waals surface area contributed by atoms with Gasteiger partial charge in [-0.05, 0) is 56.6 Å². The first-order valence-electron chi connectivity index (χ1n) is 6.29. The molecule has 0 aromatic carbocycles. The van der Waals surface area contributed by atoms with E-state index in [2.05, 4.69) is 19.9 Å². The minimum Gasteiger partial charge on any atom is -0.456 e. The van der Waals surface area contributed by atoms with Gasteiger partial charge in [-0.15, -0.1) is 0 Å². The van der Waals surface area contributed by atoms with E-state index in [1.54, 1.807) is 0 Å². The molecule has 1 atom stereocenters. The number of hydrogen-bond acceptors (Lipinski definition) is 2. The minimum atomic E-state index is -0.420. The van der Waals surface area contributed by atoms with Crippen molar-refractivity contribution in [1.29, 1.82) is 0 Å². The van der Waals surface area contributed by atoms with Gasteiger partial charge in [-0.2, -0.15) is 0 Å². The van der Waals surface area contributed by atoms with E-state index in [0.29, 0.717) is 5.92 Å². The molecule has 2 rings (SSSR count). The first-order valence-corrected chi connectivity index (χ1v) is 6.29. The highest BCUT2D eigenvalue weighted by molar-refractivity contribution is 5.96. The smallest absolute Gasteiger partial charge is 0.338 e. The van der Waals surface area contributed by atoms with Gasteiger partial charge in [-0.3, -0.25) is 0 Å². The molecule has 0 aromatic rings. The van der Waals surface area contributed by atoms with Crippen molar-refractivity contribution in [3.63, 3.8) is 0 Å². The van der Waals surface area contributed by atoms with Gasteiger partial charge >= 0.3 is 5.97 Å². The lowest BCUT2D eigenvalue weighted by molar-refractivity contribution is -0.149. The molecule has 2 nitrogen and oxygen atoms in total. The number of hydrogen-bond donors (Lipinski definition) is 0. The summed E-state index contributed by atoms with van der Waals surface area (Å²) in [5.74, 6) is 0.394. The van der Waals surface area contributed by atoms with Gasteiger partial charge in [0.15, 0.2) is 0 Å². The Bertz CT molecular complexity index is 430. The van der Waals surface area contributed by atoms with Crippen LogP contribution >= 0.6 is 0 Å². The highest BCUT2D eigenvalue weighted by atomic mass is 16.6. The molecule has 2 heteroatoms. The van der Waals surface area contributed by atoms with E-state index in [1.807, 2.05) is 27.7 Å². The van der Waals surface area contributed by atoms with Crippen LogP contribution in [-0.4, -0.2) is 11.6 Å². The SMILES string of the molecule is CC1=CCC2C(=C1C(=O)OC(C)(C)C)C2(C)C. The quantitative estimate of drug-likeness (QED) is 0.648. The molecule has 0 bridgehead atoms. The Balaban J connectivity index is 2.31. The first kappa shape index (κ1) is 12.4. The summed E-state index contributed by atoms with van der Waals surface area (Å²) in [5.41, 5.74) is 2.97. The van der Waals surface area contributed by atoms with Crippen molar-refractivity contribution in [2.45, 2.75) is 53.6 Å². The van der Waals surface area contributed by atoms with Gasteiger partial charge in [0.05, 0.1) is 5.57 Å². The van der Waals surface area contributed by atoms with Crippen molar-refractivity contribution in [2.24, 2.45) is 11.3 Å². The molecule has 2 aliphatic carbocycles. The van der Waals surface area contributed by atoms with E-state index < -0.39 is 5.60 Å². The van der Waals surface area contributed by atoms with Crippen LogP contribution in [0.1, 0.15) is 48.0 Å². The first-order chi connectivity index (χ1) is 7.64. The molecule has 0 saturated heterocycles. The zero-order chi connectivity index (χ0) is 13.0. The molecule has 0 radical (unpaired) electrons. The predicted octanol–water partition coefficient (Wildman–Crippen LogP) is 3.63. The summed E-state index contributed by atoms with van der Waals surface area (Å²) in [7, 11) is 0. The second kappa shape index (κ2) is 3.47. The van der Waals surface area contributed by atoms with Gasteiger partial charge in [-0.1, -0.05) is 19.9 Å². The van der Waals surface area contributed by atoms with Gasteiger partial charge < -0.3 is 4.74 Å². The summed E-state index contributed by atoms with van der Waals surface area (Å²) in [6.07, 6.45) is 3.24. The summed E-state index contributed by atoms with van der Waals surface area (Å²) < 4.78 is 5.50. The Hall–Kier alpha value is -1.05. The highest BCUT2D eigenvalue weighted by Crippen LogP contribution is 2.63. The summed E-state index contributed by atoms with van der Waals surface area (Å²) in [5, 5.41) is 0. The van der Waals surface area contributed by atoms with Crippen LogP contribution in [0, 0.1) is 11.3 Å². The number of carbonyl (C=O) groups excluding carboxylic acids is 1. The average Bonchev–Trinajstić information content (AvgIpc) is 2.65. The molecule has 1 fully saturated rings. The average molecular weight is 234 g/mol. The summed E-state index contributed by atoms with van der Waals surface area (Å²) in [6, 6.07) is 0. The van der Waals surface area contributed by atoms with Crippen molar-refractivity contribution in [1.82, 2.24) is 0 Å². The van der Waals surface area contributed by atoms with Crippen LogP contribution in [0.3, 0.4) is 0 Å². The standard InChI is InChI=1S/C15H22O2/c1-9-7-8-10-12(15(10,5)6)11(9)13(16)17-14(2,3)4/h7,10H,8H2,1-6H3. The van der Waals surface area contributed by atoms with E-state index in [0.717, 1.165) is 17.6 Å². The lowest BCUT2D eigenvalue weighted by atomic mass is 9.99. The number of carbonyl (C=O) groups is 1.